The van der Waals surface area contributed by atoms with E-state index in [4.69, 9.17) is 11.6 Å². The normalized spacial score (nSPS) is 11.8. The van der Waals surface area contributed by atoms with Crippen molar-refractivity contribution in [3.05, 3.63) is 58.6 Å². The summed E-state index contributed by atoms with van der Waals surface area (Å²) in [5.74, 6) is -0.138. The second kappa shape index (κ2) is 8.87. The number of benzene rings is 2. The Kier molecular flexibility index (Phi) is 7.03. The van der Waals surface area contributed by atoms with Crippen LogP contribution in [0.3, 0.4) is 0 Å². The molecule has 0 unspecified atom stereocenters. The summed E-state index contributed by atoms with van der Waals surface area (Å²) in [5.41, 5.74) is 1.96. The van der Waals surface area contributed by atoms with Gasteiger partial charge in [0.05, 0.1) is 5.02 Å². The zero-order valence-corrected chi connectivity index (χ0v) is 17.6. The number of amides is 1. The highest BCUT2D eigenvalue weighted by Gasteiger charge is 2.25. The first-order chi connectivity index (χ1) is 12.7. The van der Waals surface area contributed by atoms with Crippen LogP contribution in [0, 0.1) is 0 Å². The second-order valence-electron chi connectivity index (χ2n) is 6.43. The first-order valence-corrected chi connectivity index (χ1v) is 10.7. The van der Waals surface area contributed by atoms with Gasteiger partial charge in [-0.15, -0.1) is 0 Å². The third-order valence-corrected chi connectivity index (χ3v) is 6.88. The SMILES string of the molecule is CCN(CC)S(=O)(=O)c1cc(C(=O)Nc2ccccc2C(C)C)ccc1Cl. The zero-order chi connectivity index (χ0) is 20.2. The highest BCUT2D eigenvalue weighted by molar-refractivity contribution is 7.89. The van der Waals surface area contributed by atoms with Crippen LogP contribution < -0.4 is 5.32 Å². The quantitative estimate of drug-likeness (QED) is 0.719. The van der Waals surface area contributed by atoms with Gasteiger partial charge in [-0.2, -0.15) is 4.31 Å². The lowest BCUT2D eigenvalue weighted by atomic mass is 10.0. The van der Waals surface area contributed by atoms with Crippen LogP contribution >= 0.6 is 11.6 Å². The Bertz CT molecular complexity index is 923. The van der Waals surface area contributed by atoms with E-state index in [-0.39, 0.29) is 27.3 Å². The fraction of sp³-hybridized carbons (Fsp3) is 0.350. The fourth-order valence-electron chi connectivity index (χ4n) is 2.85. The second-order valence-corrected chi connectivity index (χ2v) is 8.74. The molecule has 2 aromatic carbocycles. The van der Waals surface area contributed by atoms with Crippen molar-refractivity contribution >= 4 is 33.2 Å². The first kappa shape index (κ1) is 21.4. The van der Waals surface area contributed by atoms with Crippen LogP contribution in [0.4, 0.5) is 5.69 Å². The summed E-state index contributed by atoms with van der Waals surface area (Å²) >= 11 is 6.13. The number of nitrogens with zero attached hydrogens (tertiary/aromatic N) is 1. The van der Waals surface area contributed by atoms with Gasteiger partial charge < -0.3 is 5.32 Å². The van der Waals surface area contributed by atoms with Crippen LogP contribution in [0.5, 0.6) is 0 Å². The number of sulfonamides is 1. The molecule has 0 bridgehead atoms. The molecule has 0 saturated heterocycles. The van der Waals surface area contributed by atoms with Crippen molar-refractivity contribution < 1.29 is 13.2 Å². The average Bonchev–Trinajstić information content (AvgIpc) is 2.62. The molecule has 0 spiro atoms. The van der Waals surface area contributed by atoms with E-state index in [2.05, 4.69) is 5.32 Å². The lowest BCUT2D eigenvalue weighted by Crippen LogP contribution is -2.31. The molecular formula is C20H25ClN2O3S. The van der Waals surface area contributed by atoms with Crippen molar-refractivity contribution in [3.8, 4) is 0 Å². The van der Waals surface area contributed by atoms with Crippen LogP contribution in [0.2, 0.25) is 5.02 Å². The van der Waals surface area contributed by atoms with Gasteiger partial charge in [0.2, 0.25) is 10.0 Å². The van der Waals surface area contributed by atoms with Crippen molar-refractivity contribution in [2.75, 3.05) is 18.4 Å². The summed E-state index contributed by atoms with van der Waals surface area (Å²) < 4.78 is 26.9. The number of carbonyl (C=O) groups is 1. The number of halogens is 1. The average molecular weight is 409 g/mol. The number of hydrogen-bond donors (Lipinski definition) is 1. The number of carbonyl (C=O) groups excluding carboxylic acids is 1. The molecule has 0 saturated carbocycles. The van der Waals surface area contributed by atoms with E-state index in [0.29, 0.717) is 18.8 Å². The number of anilines is 1. The predicted octanol–water partition coefficient (Wildman–Crippen LogP) is 4.75. The molecule has 146 valence electrons. The van der Waals surface area contributed by atoms with Gasteiger partial charge in [-0.3, -0.25) is 4.79 Å². The number of hydrogen-bond acceptors (Lipinski definition) is 3. The van der Waals surface area contributed by atoms with Gasteiger partial charge in [0.15, 0.2) is 0 Å². The fourth-order valence-corrected chi connectivity index (χ4v) is 4.81. The van der Waals surface area contributed by atoms with Gasteiger partial charge in [0.25, 0.3) is 5.91 Å². The molecule has 7 heteroatoms. The summed E-state index contributed by atoms with van der Waals surface area (Å²) in [7, 11) is -3.76. The summed E-state index contributed by atoms with van der Waals surface area (Å²) in [6.45, 7) is 8.26. The van der Waals surface area contributed by atoms with Crippen molar-refractivity contribution in [1.82, 2.24) is 4.31 Å². The summed E-state index contributed by atoms with van der Waals surface area (Å²) in [6.07, 6.45) is 0. The van der Waals surface area contributed by atoms with Gasteiger partial charge in [-0.25, -0.2) is 8.42 Å². The molecule has 0 radical (unpaired) electrons. The molecule has 0 atom stereocenters. The van der Waals surface area contributed by atoms with Crippen LogP contribution in [0.25, 0.3) is 0 Å². The zero-order valence-electron chi connectivity index (χ0n) is 16.0. The highest BCUT2D eigenvalue weighted by atomic mass is 35.5. The molecular weight excluding hydrogens is 384 g/mol. The molecule has 1 N–H and O–H groups in total. The third kappa shape index (κ3) is 4.69. The largest absolute Gasteiger partial charge is 0.322 e. The van der Waals surface area contributed by atoms with Crippen molar-refractivity contribution in [3.63, 3.8) is 0 Å². The van der Waals surface area contributed by atoms with Crippen molar-refractivity contribution in [2.24, 2.45) is 0 Å². The lowest BCUT2D eigenvalue weighted by Gasteiger charge is -2.20. The van der Waals surface area contributed by atoms with Gasteiger partial charge >= 0.3 is 0 Å². The molecule has 2 rings (SSSR count). The molecule has 0 aliphatic carbocycles. The van der Waals surface area contributed by atoms with Gasteiger partial charge in [-0.1, -0.05) is 57.5 Å². The van der Waals surface area contributed by atoms with E-state index in [1.54, 1.807) is 13.8 Å². The van der Waals surface area contributed by atoms with Crippen LogP contribution in [0.15, 0.2) is 47.4 Å². The lowest BCUT2D eigenvalue weighted by molar-refractivity contribution is 0.102. The molecule has 0 aromatic heterocycles. The Labute approximate surface area is 166 Å². The van der Waals surface area contributed by atoms with Gasteiger partial charge in [0.1, 0.15) is 4.90 Å². The van der Waals surface area contributed by atoms with E-state index >= 15 is 0 Å². The Hall–Kier alpha value is -1.89. The summed E-state index contributed by atoms with van der Waals surface area (Å²) in [5, 5.41) is 2.97. The maximum absolute atomic E-state index is 12.8. The Morgan fingerprint density at radius 1 is 1.11 bits per heavy atom. The molecule has 1 amide bonds. The minimum atomic E-state index is -3.76. The summed E-state index contributed by atoms with van der Waals surface area (Å²) in [6, 6.07) is 11.9. The monoisotopic (exact) mass is 408 g/mol. The van der Waals surface area contributed by atoms with Crippen LogP contribution in [-0.4, -0.2) is 31.7 Å². The molecule has 0 fully saturated rings. The number of rotatable bonds is 7. The topological polar surface area (TPSA) is 66.5 Å². The standard InChI is InChI=1S/C20H25ClN2O3S/c1-5-23(6-2)27(25,26)19-13-15(11-12-17(19)21)20(24)22-18-10-8-7-9-16(18)14(3)4/h7-14H,5-6H2,1-4H3,(H,22,24). The smallest absolute Gasteiger partial charge is 0.255 e. The van der Waals surface area contributed by atoms with Crippen LogP contribution in [-0.2, 0) is 10.0 Å². The van der Waals surface area contributed by atoms with E-state index in [1.165, 1.54) is 22.5 Å². The van der Waals surface area contributed by atoms with E-state index in [0.717, 1.165) is 5.56 Å². The van der Waals surface area contributed by atoms with E-state index in [1.807, 2.05) is 38.1 Å². The Balaban J connectivity index is 2.40. The maximum Gasteiger partial charge on any atom is 0.255 e. The molecule has 2 aromatic rings. The molecule has 0 heterocycles. The highest BCUT2D eigenvalue weighted by Crippen LogP contribution is 2.27. The molecule has 0 aliphatic rings. The first-order valence-electron chi connectivity index (χ1n) is 8.92. The minimum Gasteiger partial charge on any atom is -0.322 e. The van der Waals surface area contributed by atoms with E-state index in [9.17, 15) is 13.2 Å². The molecule has 27 heavy (non-hydrogen) atoms. The van der Waals surface area contributed by atoms with Crippen LogP contribution in [0.1, 0.15) is 49.5 Å². The number of para-hydroxylation sites is 1. The predicted molar refractivity (Wildman–Crippen MR) is 110 cm³/mol. The Morgan fingerprint density at radius 2 is 1.74 bits per heavy atom. The van der Waals surface area contributed by atoms with Gasteiger partial charge in [-0.05, 0) is 35.7 Å². The van der Waals surface area contributed by atoms with Gasteiger partial charge in [0, 0.05) is 24.3 Å². The third-order valence-electron chi connectivity index (χ3n) is 4.35. The maximum atomic E-state index is 12.8. The Morgan fingerprint density at radius 3 is 2.33 bits per heavy atom. The minimum absolute atomic E-state index is 0.0577. The summed E-state index contributed by atoms with van der Waals surface area (Å²) in [4.78, 5) is 12.7. The molecule has 0 aliphatic heterocycles. The number of nitrogens with one attached hydrogen (secondary N) is 1. The molecule has 5 nitrogen and oxygen atoms in total. The van der Waals surface area contributed by atoms with Crippen molar-refractivity contribution in [1.29, 1.82) is 0 Å². The van der Waals surface area contributed by atoms with E-state index < -0.39 is 10.0 Å². The van der Waals surface area contributed by atoms with Crippen molar-refractivity contribution in [2.45, 2.75) is 38.5 Å².